The maximum atomic E-state index is 13.6. The van der Waals surface area contributed by atoms with Gasteiger partial charge in [0.1, 0.15) is 12.1 Å². The summed E-state index contributed by atoms with van der Waals surface area (Å²) >= 11 is 0. The van der Waals surface area contributed by atoms with E-state index in [9.17, 15) is 14.4 Å². The zero-order valence-electron chi connectivity index (χ0n) is 18.8. The van der Waals surface area contributed by atoms with Gasteiger partial charge in [-0.05, 0) is 42.5 Å². The Morgan fingerprint density at radius 2 is 1.71 bits per heavy atom. The Hall–Kier alpha value is -4.01. The molecule has 172 valence electrons. The van der Waals surface area contributed by atoms with E-state index in [4.69, 9.17) is 9.97 Å². The number of likely N-dealkylation sites (N-methyl/N-ethyl adjacent to an activating group) is 1. The molecule has 3 aromatic rings. The number of carbonyl (C=O) groups excluding carboxylic acids is 3. The van der Waals surface area contributed by atoms with E-state index < -0.39 is 11.6 Å². The zero-order chi connectivity index (χ0) is 23.4. The number of urea groups is 1. The average Bonchev–Trinajstić information content (AvgIpc) is 3.08. The van der Waals surface area contributed by atoms with Crippen molar-refractivity contribution in [3.05, 3.63) is 59.7 Å². The Morgan fingerprint density at radius 3 is 2.50 bits per heavy atom. The highest BCUT2D eigenvalue weighted by Gasteiger charge is 2.54. The number of hydrogen-bond donors (Lipinski definition) is 1. The van der Waals surface area contributed by atoms with Crippen LogP contribution in [-0.2, 0) is 21.5 Å². The molecule has 2 aliphatic heterocycles. The lowest BCUT2D eigenvalue weighted by molar-refractivity contribution is -0.135. The second-order valence-corrected chi connectivity index (χ2v) is 9.06. The van der Waals surface area contributed by atoms with Crippen LogP contribution in [0.1, 0.15) is 24.0 Å². The third kappa shape index (κ3) is 2.96. The number of fused-ring (bicyclic) bond motifs is 4. The molecule has 0 unspecified atom stereocenters. The highest BCUT2D eigenvalue weighted by molar-refractivity contribution is 6.11. The lowest BCUT2D eigenvalue weighted by atomic mass is 9.76. The summed E-state index contributed by atoms with van der Waals surface area (Å²) in [5, 5.41) is 2.91. The van der Waals surface area contributed by atoms with Gasteiger partial charge in [-0.25, -0.2) is 14.8 Å². The molecule has 3 heterocycles. The second-order valence-electron chi connectivity index (χ2n) is 9.06. The van der Waals surface area contributed by atoms with E-state index in [0.29, 0.717) is 36.7 Å². The molecule has 1 saturated heterocycles. The number of para-hydroxylation sites is 2. The van der Waals surface area contributed by atoms with Gasteiger partial charge in [0, 0.05) is 20.1 Å². The van der Waals surface area contributed by atoms with E-state index in [-0.39, 0.29) is 18.4 Å². The molecule has 1 fully saturated rings. The van der Waals surface area contributed by atoms with Crippen LogP contribution in [0.3, 0.4) is 0 Å². The Kier molecular flexibility index (Phi) is 4.55. The van der Waals surface area contributed by atoms with Crippen LogP contribution < -0.4 is 15.1 Å². The number of anilines is 2. The van der Waals surface area contributed by atoms with Gasteiger partial charge in [0.2, 0.25) is 5.91 Å². The highest BCUT2D eigenvalue weighted by Crippen LogP contribution is 2.40. The molecular formula is C25H24N6O3. The van der Waals surface area contributed by atoms with Crippen molar-refractivity contribution in [3.63, 3.8) is 0 Å². The van der Waals surface area contributed by atoms with Gasteiger partial charge in [-0.2, -0.15) is 0 Å². The molecule has 3 aliphatic rings. The highest BCUT2D eigenvalue weighted by atomic mass is 16.2. The number of nitrogens with one attached hydrogen (secondary N) is 1. The van der Waals surface area contributed by atoms with Crippen molar-refractivity contribution < 1.29 is 14.4 Å². The number of aromatic nitrogens is 2. The lowest BCUT2D eigenvalue weighted by Gasteiger charge is -2.35. The maximum absolute atomic E-state index is 13.6. The van der Waals surface area contributed by atoms with Gasteiger partial charge in [-0.3, -0.25) is 19.4 Å². The molecule has 9 heteroatoms. The quantitative estimate of drug-likeness (QED) is 0.594. The molecule has 34 heavy (non-hydrogen) atoms. The summed E-state index contributed by atoms with van der Waals surface area (Å²) in [6.45, 7) is 0.627. The molecule has 4 amide bonds. The van der Waals surface area contributed by atoms with Gasteiger partial charge in [0.15, 0.2) is 11.6 Å². The summed E-state index contributed by atoms with van der Waals surface area (Å²) in [5.41, 5.74) is 2.22. The summed E-state index contributed by atoms with van der Waals surface area (Å²) in [6.07, 6.45) is 2.18. The first-order valence-corrected chi connectivity index (χ1v) is 11.5. The number of nitrogens with zero attached hydrogens (tertiary/aromatic N) is 5. The van der Waals surface area contributed by atoms with Crippen LogP contribution in [-0.4, -0.2) is 59.4 Å². The molecular weight excluding hydrogens is 432 g/mol. The summed E-state index contributed by atoms with van der Waals surface area (Å²) in [6, 6.07) is 14.7. The van der Waals surface area contributed by atoms with Gasteiger partial charge in [0.05, 0.1) is 11.0 Å². The third-order valence-corrected chi connectivity index (χ3v) is 7.06. The number of carbonyl (C=O) groups is 3. The van der Waals surface area contributed by atoms with Gasteiger partial charge in [0.25, 0.3) is 5.91 Å². The topological polar surface area (TPSA) is 98.7 Å². The van der Waals surface area contributed by atoms with Crippen LogP contribution >= 0.6 is 0 Å². The number of rotatable bonds is 2. The Balaban J connectivity index is 1.31. The van der Waals surface area contributed by atoms with Crippen LogP contribution in [0.2, 0.25) is 0 Å². The number of imide groups is 1. The van der Waals surface area contributed by atoms with Crippen LogP contribution in [0.15, 0.2) is 48.5 Å². The zero-order valence-corrected chi connectivity index (χ0v) is 18.8. The van der Waals surface area contributed by atoms with E-state index in [0.717, 1.165) is 34.4 Å². The van der Waals surface area contributed by atoms with Crippen molar-refractivity contribution in [1.82, 2.24) is 20.2 Å². The minimum atomic E-state index is -1.10. The summed E-state index contributed by atoms with van der Waals surface area (Å²) < 4.78 is 0. The normalized spacial score (nSPS) is 21.6. The van der Waals surface area contributed by atoms with Crippen LogP contribution in [0, 0.1) is 0 Å². The van der Waals surface area contributed by atoms with Gasteiger partial charge in [-0.1, -0.05) is 36.4 Å². The van der Waals surface area contributed by atoms with Gasteiger partial charge >= 0.3 is 6.03 Å². The number of benzene rings is 2. The molecule has 9 nitrogen and oxygen atoms in total. The number of aryl methyl sites for hydroxylation is 1. The first-order chi connectivity index (χ1) is 16.5. The van der Waals surface area contributed by atoms with Crippen molar-refractivity contribution in [1.29, 1.82) is 0 Å². The van der Waals surface area contributed by atoms with Crippen molar-refractivity contribution in [2.45, 2.75) is 24.8 Å². The maximum Gasteiger partial charge on any atom is 0.325 e. The van der Waals surface area contributed by atoms with E-state index in [1.54, 1.807) is 0 Å². The van der Waals surface area contributed by atoms with E-state index in [1.165, 1.54) is 4.90 Å². The fraction of sp³-hybridized carbons (Fsp3) is 0.320. The third-order valence-electron chi connectivity index (χ3n) is 7.06. The lowest BCUT2D eigenvalue weighted by Crippen LogP contribution is -2.50. The molecule has 0 bridgehead atoms. The smallest absolute Gasteiger partial charge is 0.325 e. The molecule has 1 aliphatic carbocycles. The van der Waals surface area contributed by atoms with Crippen molar-refractivity contribution in [3.8, 4) is 0 Å². The molecule has 6 rings (SSSR count). The van der Waals surface area contributed by atoms with Gasteiger partial charge < -0.3 is 10.2 Å². The Bertz CT molecular complexity index is 1360. The molecule has 2 aromatic carbocycles. The van der Waals surface area contributed by atoms with E-state index in [1.807, 2.05) is 60.5 Å². The molecule has 0 radical (unpaired) electrons. The molecule has 1 spiro atoms. The fourth-order valence-corrected chi connectivity index (χ4v) is 5.30. The molecule has 1 N–H and O–H groups in total. The predicted molar refractivity (Wildman–Crippen MR) is 126 cm³/mol. The number of amides is 4. The van der Waals surface area contributed by atoms with Crippen molar-refractivity contribution in [2.75, 3.05) is 36.5 Å². The minimum absolute atomic E-state index is 0.341. The van der Waals surface area contributed by atoms with Crippen molar-refractivity contribution in [2.24, 2.45) is 0 Å². The summed E-state index contributed by atoms with van der Waals surface area (Å²) in [5.74, 6) is 0.330. The monoisotopic (exact) mass is 456 g/mol. The SMILES string of the molecule is CN1CCN(C(=O)CN2C(=O)N[C@]3(CCCc4ccccc43)C2=O)c2nc3ccccc3nc21. The molecule has 1 atom stereocenters. The fourth-order valence-electron chi connectivity index (χ4n) is 5.30. The first kappa shape index (κ1) is 20.6. The van der Waals surface area contributed by atoms with Crippen LogP contribution in [0.5, 0.6) is 0 Å². The van der Waals surface area contributed by atoms with E-state index in [2.05, 4.69) is 5.32 Å². The standard InChI is InChI=1S/C25H24N6O3/c1-29-13-14-30(22-21(29)26-18-10-4-5-11-19(18)27-22)20(32)15-31-23(33)25(28-24(31)34)12-6-8-16-7-2-3-9-17(16)25/h2-5,7,9-11H,6,8,12-15H2,1H3,(H,28,34)/t25-/m0/s1. The molecule has 1 aromatic heterocycles. The van der Waals surface area contributed by atoms with Crippen LogP contribution in [0.4, 0.5) is 16.4 Å². The van der Waals surface area contributed by atoms with Gasteiger partial charge in [-0.15, -0.1) is 0 Å². The molecule has 0 saturated carbocycles. The Labute approximate surface area is 196 Å². The largest absolute Gasteiger partial charge is 0.355 e. The first-order valence-electron chi connectivity index (χ1n) is 11.5. The van der Waals surface area contributed by atoms with Crippen LogP contribution in [0.25, 0.3) is 11.0 Å². The predicted octanol–water partition coefficient (Wildman–Crippen LogP) is 2.20. The van der Waals surface area contributed by atoms with Crippen molar-refractivity contribution >= 4 is 40.5 Å². The minimum Gasteiger partial charge on any atom is -0.355 e. The second kappa shape index (κ2) is 7.51. The summed E-state index contributed by atoms with van der Waals surface area (Å²) in [4.78, 5) is 53.9. The van der Waals surface area contributed by atoms with E-state index >= 15 is 0 Å². The Morgan fingerprint density at radius 1 is 1.00 bits per heavy atom. The average molecular weight is 457 g/mol. The summed E-state index contributed by atoms with van der Waals surface area (Å²) in [7, 11) is 1.91. The number of hydrogen-bond acceptors (Lipinski definition) is 6.